The van der Waals surface area contributed by atoms with Gasteiger partial charge < -0.3 is 10.2 Å². The van der Waals surface area contributed by atoms with E-state index >= 15 is 0 Å². The number of rotatable bonds is 7. The minimum atomic E-state index is 0.147. The highest BCUT2D eigenvalue weighted by molar-refractivity contribution is 7.99. The highest BCUT2D eigenvalue weighted by Gasteiger charge is 2.25. The number of benzene rings is 1. The second-order valence-electron chi connectivity index (χ2n) is 8.03. The predicted molar refractivity (Wildman–Crippen MR) is 112 cm³/mol. The van der Waals surface area contributed by atoms with E-state index in [1.54, 1.807) is 11.8 Å². The van der Waals surface area contributed by atoms with Gasteiger partial charge in [0.1, 0.15) is 0 Å². The average Bonchev–Trinajstić information content (AvgIpc) is 3.13. The Bertz CT molecular complexity index is 626. The average molecular weight is 389 g/mol. The van der Waals surface area contributed by atoms with Crippen LogP contribution in [0.2, 0.25) is 0 Å². The molecule has 1 aromatic rings. The largest absolute Gasteiger partial charge is 0.353 e. The van der Waals surface area contributed by atoms with Crippen LogP contribution in [0.4, 0.5) is 0 Å². The first-order chi connectivity index (χ1) is 13.1. The normalized spacial score (nSPS) is 20.6. The Hall–Kier alpha value is -1.49. The van der Waals surface area contributed by atoms with Crippen LogP contribution < -0.4 is 5.32 Å². The van der Waals surface area contributed by atoms with Gasteiger partial charge in [0.2, 0.25) is 11.8 Å². The molecular weight excluding hydrogens is 356 g/mol. The zero-order valence-corrected chi connectivity index (χ0v) is 17.2. The molecule has 27 heavy (non-hydrogen) atoms. The number of carbonyl (C=O) groups excluding carboxylic acids is 2. The molecule has 0 radical (unpaired) electrons. The van der Waals surface area contributed by atoms with Crippen molar-refractivity contribution in [1.82, 2.24) is 10.2 Å². The predicted octanol–water partition coefficient (Wildman–Crippen LogP) is 3.43. The van der Waals surface area contributed by atoms with Crippen molar-refractivity contribution >= 4 is 23.6 Å². The summed E-state index contributed by atoms with van der Waals surface area (Å²) in [7, 11) is 0. The van der Waals surface area contributed by atoms with Crippen molar-refractivity contribution in [1.29, 1.82) is 0 Å². The van der Waals surface area contributed by atoms with E-state index in [1.165, 1.54) is 24.8 Å². The van der Waals surface area contributed by atoms with Crippen LogP contribution in [0, 0.1) is 5.92 Å². The lowest BCUT2D eigenvalue weighted by Crippen LogP contribution is -2.37. The van der Waals surface area contributed by atoms with Gasteiger partial charge in [0, 0.05) is 19.1 Å². The summed E-state index contributed by atoms with van der Waals surface area (Å²) in [5, 5.41) is 3.19. The summed E-state index contributed by atoms with van der Waals surface area (Å²) in [6.07, 6.45) is 10.6. The Morgan fingerprint density at radius 1 is 1.07 bits per heavy atom. The van der Waals surface area contributed by atoms with Gasteiger partial charge in [-0.05, 0) is 49.0 Å². The lowest BCUT2D eigenvalue weighted by Gasteiger charge is -2.22. The van der Waals surface area contributed by atoms with Crippen LogP contribution >= 0.6 is 11.8 Å². The number of amides is 2. The minimum absolute atomic E-state index is 0.147. The molecule has 1 aromatic carbocycles. The Morgan fingerprint density at radius 3 is 2.48 bits per heavy atom. The van der Waals surface area contributed by atoms with E-state index in [-0.39, 0.29) is 11.8 Å². The van der Waals surface area contributed by atoms with E-state index in [1.807, 2.05) is 11.2 Å². The van der Waals surface area contributed by atoms with Gasteiger partial charge >= 0.3 is 0 Å². The first kappa shape index (κ1) is 20.2. The number of nitrogens with zero attached hydrogens (tertiary/aromatic N) is 1. The molecule has 0 bridgehead atoms. The molecule has 0 spiro atoms. The molecule has 3 rings (SSSR count). The van der Waals surface area contributed by atoms with Crippen molar-refractivity contribution in [2.45, 2.75) is 57.4 Å². The van der Waals surface area contributed by atoms with Crippen LogP contribution in [-0.2, 0) is 22.4 Å². The number of hydrogen-bond acceptors (Lipinski definition) is 3. The van der Waals surface area contributed by atoms with E-state index in [0.29, 0.717) is 24.1 Å². The third kappa shape index (κ3) is 6.27. The number of hydrogen-bond donors (Lipinski definition) is 1. The zero-order valence-electron chi connectivity index (χ0n) is 16.4. The van der Waals surface area contributed by atoms with Crippen molar-refractivity contribution in [2.24, 2.45) is 5.92 Å². The maximum absolute atomic E-state index is 12.2. The van der Waals surface area contributed by atoms with Gasteiger partial charge in [0.05, 0.1) is 12.2 Å². The summed E-state index contributed by atoms with van der Waals surface area (Å²) in [4.78, 5) is 26.3. The van der Waals surface area contributed by atoms with Crippen molar-refractivity contribution < 1.29 is 9.59 Å². The first-order valence-corrected chi connectivity index (χ1v) is 11.7. The molecule has 1 heterocycles. The molecule has 1 atom stereocenters. The second-order valence-corrected chi connectivity index (χ2v) is 8.89. The van der Waals surface area contributed by atoms with E-state index < -0.39 is 0 Å². The molecule has 1 aliphatic carbocycles. The molecular formula is C22H32N2O2S. The number of likely N-dealkylation sites (tertiary alicyclic amines) is 1. The number of thioether (sulfide) groups is 1. The van der Waals surface area contributed by atoms with Gasteiger partial charge in [-0.3, -0.25) is 9.59 Å². The summed E-state index contributed by atoms with van der Waals surface area (Å²) in [6, 6.07) is 8.85. The number of nitrogens with one attached hydrogen (secondary N) is 1. The van der Waals surface area contributed by atoms with Gasteiger partial charge in [-0.2, -0.15) is 11.8 Å². The van der Waals surface area contributed by atoms with Crippen molar-refractivity contribution in [3.8, 4) is 0 Å². The third-order valence-electron chi connectivity index (χ3n) is 5.79. The lowest BCUT2D eigenvalue weighted by atomic mass is 9.95. The van der Waals surface area contributed by atoms with Crippen molar-refractivity contribution in [2.75, 3.05) is 25.1 Å². The topological polar surface area (TPSA) is 49.4 Å². The molecule has 1 aliphatic heterocycles. The van der Waals surface area contributed by atoms with Crippen molar-refractivity contribution in [3.63, 3.8) is 0 Å². The fourth-order valence-electron chi connectivity index (χ4n) is 4.28. The van der Waals surface area contributed by atoms with Gasteiger partial charge in [0.15, 0.2) is 0 Å². The SMILES string of the molecule is CSCC(=O)N1CCC(Cc2ccc(CC(=O)NC3CCCCC3)cc2)C1. The van der Waals surface area contributed by atoms with Crippen LogP contribution in [0.3, 0.4) is 0 Å². The molecule has 4 nitrogen and oxygen atoms in total. The number of carbonyl (C=O) groups is 2. The smallest absolute Gasteiger partial charge is 0.232 e. The van der Waals surface area contributed by atoms with E-state index in [2.05, 4.69) is 29.6 Å². The quantitative estimate of drug-likeness (QED) is 0.778. The molecule has 2 fully saturated rings. The Labute approximate surface area is 167 Å². The first-order valence-electron chi connectivity index (χ1n) is 10.3. The van der Waals surface area contributed by atoms with Crippen LogP contribution in [0.25, 0.3) is 0 Å². The third-order valence-corrected chi connectivity index (χ3v) is 6.32. The fourth-order valence-corrected chi connectivity index (χ4v) is 4.71. The zero-order chi connectivity index (χ0) is 19.1. The minimum Gasteiger partial charge on any atom is -0.353 e. The standard InChI is InChI=1S/C22H32N2O2S/c1-27-16-22(26)24-12-11-19(15-24)13-17-7-9-18(10-8-17)14-21(25)23-20-5-3-2-4-6-20/h7-10,19-20H,2-6,11-16H2,1H3,(H,23,25). The molecule has 1 N–H and O–H groups in total. The summed E-state index contributed by atoms with van der Waals surface area (Å²) in [5.41, 5.74) is 2.38. The highest BCUT2D eigenvalue weighted by Crippen LogP contribution is 2.22. The molecule has 5 heteroatoms. The molecule has 0 aromatic heterocycles. The molecule has 1 saturated heterocycles. The molecule has 1 saturated carbocycles. The van der Waals surface area contributed by atoms with Gasteiger partial charge in [-0.1, -0.05) is 43.5 Å². The summed E-state index contributed by atoms with van der Waals surface area (Å²) in [5.74, 6) is 1.55. The van der Waals surface area contributed by atoms with Gasteiger partial charge in [-0.25, -0.2) is 0 Å². The van der Waals surface area contributed by atoms with E-state index in [9.17, 15) is 9.59 Å². The molecule has 2 amide bonds. The summed E-state index contributed by atoms with van der Waals surface area (Å²) < 4.78 is 0. The summed E-state index contributed by atoms with van der Waals surface area (Å²) >= 11 is 1.60. The van der Waals surface area contributed by atoms with Crippen LogP contribution in [0.15, 0.2) is 24.3 Å². The van der Waals surface area contributed by atoms with Crippen LogP contribution in [0.5, 0.6) is 0 Å². The highest BCUT2D eigenvalue weighted by atomic mass is 32.2. The van der Waals surface area contributed by atoms with Crippen molar-refractivity contribution in [3.05, 3.63) is 35.4 Å². The Kier molecular flexibility index (Phi) is 7.62. The van der Waals surface area contributed by atoms with Gasteiger partial charge in [0.25, 0.3) is 0 Å². The van der Waals surface area contributed by atoms with Crippen LogP contribution in [-0.4, -0.2) is 47.9 Å². The monoisotopic (exact) mass is 388 g/mol. The molecule has 1 unspecified atom stereocenters. The molecule has 2 aliphatic rings. The molecule has 148 valence electrons. The van der Waals surface area contributed by atoms with E-state index in [4.69, 9.17) is 0 Å². The maximum Gasteiger partial charge on any atom is 0.232 e. The van der Waals surface area contributed by atoms with E-state index in [0.717, 1.165) is 44.3 Å². The Morgan fingerprint density at radius 2 is 1.78 bits per heavy atom. The lowest BCUT2D eigenvalue weighted by molar-refractivity contribution is -0.127. The second kappa shape index (κ2) is 10.2. The summed E-state index contributed by atoms with van der Waals surface area (Å²) in [6.45, 7) is 1.77. The Balaban J connectivity index is 1.43. The fraction of sp³-hybridized carbons (Fsp3) is 0.636. The maximum atomic E-state index is 12.2. The van der Waals surface area contributed by atoms with Gasteiger partial charge in [-0.15, -0.1) is 0 Å². The van der Waals surface area contributed by atoms with Crippen LogP contribution in [0.1, 0.15) is 49.7 Å².